The average molecular weight is 612 g/mol. The standard InChI is InChI=1S/C28H41N3O10S/c1-7-9-17(18-11-16(36-10-8-2)12-20(33)37-18)29-26(35)28(6)14-42-24(30-28)15(3)31-41-25-23-22(39-27(4,5)40-23)21(34)19(13-32)38-25/h8,11-12,17,19-23,25,32-34H,2,7,9-10,13-14H2,1,3-6H3,(H,29,35)/b31-15+/t17-,19-,20?,21-,22+,23+,25-,28+/m1/s1. The summed E-state index contributed by atoms with van der Waals surface area (Å²) >= 11 is 1.36. The van der Waals surface area contributed by atoms with Gasteiger partial charge in [0.2, 0.25) is 12.2 Å². The van der Waals surface area contributed by atoms with Gasteiger partial charge in [0.1, 0.15) is 52.7 Å². The second-order valence-corrected chi connectivity index (χ2v) is 12.0. The minimum Gasteiger partial charge on any atom is -0.490 e. The first-order chi connectivity index (χ1) is 19.9. The monoisotopic (exact) mass is 611 g/mol. The van der Waals surface area contributed by atoms with Gasteiger partial charge in [-0.15, -0.1) is 11.8 Å². The molecule has 234 valence electrons. The number of rotatable bonds is 12. The number of fused-ring (bicyclic) bond motifs is 1. The maximum Gasteiger partial charge on any atom is 0.256 e. The van der Waals surface area contributed by atoms with E-state index in [0.29, 0.717) is 34.4 Å². The number of carbonyl (C=O) groups excluding carboxylic acids is 1. The van der Waals surface area contributed by atoms with E-state index in [1.807, 2.05) is 6.92 Å². The highest BCUT2D eigenvalue weighted by Crippen LogP contribution is 2.38. The van der Waals surface area contributed by atoms with Gasteiger partial charge in [0, 0.05) is 17.9 Å². The molecule has 4 N–H and O–H groups in total. The lowest BCUT2D eigenvalue weighted by molar-refractivity contribution is -0.280. The molecule has 0 aliphatic carbocycles. The predicted octanol–water partition coefficient (Wildman–Crippen LogP) is 1.49. The fourth-order valence-electron chi connectivity index (χ4n) is 4.89. The van der Waals surface area contributed by atoms with Crippen LogP contribution in [0.15, 0.2) is 46.5 Å². The lowest BCUT2D eigenvalue weighted by atomic mass is 9.99. The van der Waals surface area contributed by atoms with Crippen LogP contribution in [0.25, 0.3) is 0 Å². The van der Waals surface area contributed by atoms with Crippen molar-refractivity contribution in [1.82, 2.24) is 5.32 Å². The van der Waals surface area contributed by atoms with Gasteiger partial charge in [0.05, 0.1) is 12.6 Å². The van der Waals surface area contributed by atoms with E-state index >= 15 is 0 Å². The molecule has 0 radical (unpaired) electrons. The third kappa shape index (κ3) is 7.36. The van der Waals surface area contributed by atoms with E-state index in [1.165, 1.54) is 17.8 Å². The Balaban J connectivity index is 1.44. The normalized spacial score (nSPS) is 34.8. The smallest absolute Gasteiger partial charge is 0.256 e. The van der Waals surface area contributed by atoms with Gasteiger partial charge in [-0.3, -0.25) is 9.79 Å². The zero-order chi connectivity index (χ0) is 30.7. The average Bonchev–Trinajstić information content (AvgIpc) is 3.51. The van der Waals surface area contributed by atoms with E-state index in [9.17, 15) is 20.1 Å². The van der Waals surface area contributed by atoms with Crippen LogP contribution in [0.2, 0.25) is 0 Å². The van der Waals surface area contributed by atoms with Crippen LogP contribution in [0.1, 0.15) is 47.5 Å². The minimum absolute atomic E-state index is 0.265. The highest BCUT2D eigenvalue weighted by Gasteiger charge is 2.56. The first kappa shape index (κ1) is 32.5. The summed E-state index contributed by atoms with van der Waals surface area (Å²) in [5.74, 6) is -0.100. The summed E-state index contributed by atoms with van der Waals surface area (Å²) in [5.41, 5.74) is -0.679. The van der Waals surface area contributed by atoms with Gasteiger partial charge in [-0.2, -0.15) is 0 Å². The van der Waals surface area contributed by atoms with Crippen LogP contribution in [0.4, 0.5) is 0 Å². The minimum atomic E-state index is -1.20. The molecule has 0 aromatic rings. The van der Waals surface area contributed by atoms with Crippen LogP contribution in [-0.4, -0.2) is 105 Å². The van der Waals surface area contributed by atoms with E-state index in [-0.39, 0.29) is 12.5 Å². The molecule has 4 aliphatic heterocycles. The highest BCUT2D eigenvalue weighted by atomic mass is 32.2. The molecule has 42 heavy (non-hydrogen) atoms. The molecule has 1 unspecified atom stereocenters. The van der Waals surface area contributed by atoms with E-state index in [0.717, 1.165) is 6.42 Å². The van der Waals surface area contributed by atoms with Crippen molar-refractivity contribution in [2.75, 3.05) is 19.0 Å². The summed E-state index contributed by atoms with van der Waals surface area (Å²) < 4.78 is 28.5. The summed E-state index contributed by atoms with van der Waals surface area (Å²) in [5, 5.41) is 38.1. The number of oxime groups is 1. The number of aliphatic hydroxyl groups is 3. The Morgan fingerprint density at radius 1 is 1.33 bits per heavy atom. The molecule has 13 nitrogen and oxygen atoms in total. The van der Waals surface area contributed by atoms with Crippen LogP contribution >= 0.6 is 11.8 Å². The number of aliphatic imine (C=N–C) groups is 1. The van der Waals surface area contributed by atoms with Gasteiger partial charge in [-0.25, -0.2) is 0 Å². The summed E-state index contributed by atoms with van der Waals surface area (Å²) in [6, 6.07) is -0.503. The lowest BCUT2D eigenvalue weighted by Crippen LogP contribution is -2.57. The number of nitrogens with zero attached hydrogens (tertiary/aromatic N) is 2. The molecular formula is C28H41N3O10S. The maximum absolute atomic E-state index is 13.5. The van der Waals surface area contributed by atoms with Gasteiger partial charge in [0.25, 0.3) is 6.29 Å². The Morgan fingerprint density at radius 2 is 2.07 bits per heavy atom. The van der Waals surface area contributed by atoms with Crippen LogP contribution < -0.4 is 5.32 Å². The van der Waals surface area contributed by atoms with Crippen LogP contribution in [-0.2, 0) is 33.3 Å². The summed E-state index contributed by atoms with van der Waals surface area (Å²) in [7, 11) is 0. The molecule has 0 aromatic carbocycles. The number of aliphatic hydroxyl groups excluding tert-OH is 3. The first-order valence-electron chi connectivity index (χ1n) is 14.0. The summed E-state index contributed by atoms with van der Waals surface area (Å²) in [6.07, 6.45) is 0.195. The molecule has 1 amide bonds. The molecule has 2 saturated heterocycles. The molecule has 0 saturated carbocycles. The molecule has 0 aromatic heterocycles. The third-order valence-electron chi connectivity index (χ3n) is 7.01. The topological polar surface area (TPSA) is 170 Å². The largest absolute Gasteiger partial charge is 0.490 e. The molecule has 0 bridgehead atoms. The molecule has 2 fully saturated rings. The van der Waals surface area contributed by atoms with Crippen molar-refractivity contribution in [2.24, 2.45) is 10.1 Å². The molecule has 14 heteroatoms. The van der Waals surface area contributed by atoms with Crippen LogP contribution in [0.3, 0.4) is 0 Å². The number of carbonyl (C=O) groups is 1. The number of ether oxygens (including phenoxy) is 5. The van der Waals surface area contributed by atoms with Crippen molar-refractivity contribution in [3.05, 3.63) is 36.3 Å². The fraction of sp³-hybridized carbons (Fsp3) is 0.679. The van der Waals surface area contributed by atoms with Crippen molar-refractivity contribution in [1.29, 1.82) is 0 Å². The Morgan fingerprint density at radius 3 is 2.76 bits per heavy atom. The van der Waals surface area contributed by atoms with Crippen molar-refractivity contribution in [3.8, 4) is 0 Å². The van der Waals surface area contributed by atoms with Gasteiger partial charge in [-0.1, -0.05) is 31.2 Å². The lowest BCUT2D eigenvalue weighted by Gasteiger charge is -2.37. The number of allylic oxidation sites excluding steroid dienone is 1. The Labute approximate surface area is 249 Å². The third-order valence-corrected chi connectivity index (χ3v) is 8.38. The molecule has 0 spiro atoms. The zero-order valence-electron chi connectivity index (χ0n) is 24.5. The van der Waals surface area contributed by atoms with E-state index < -0.39 is 61.0 Å². The molecule has 8 atom stereocenters. The first-order valence-corrected chi connectivity index (χ1v) is 14.9. The van der Waals surface area contributed by atoms with Crippen LogP contribution in [0.5, 0.6) is 0 Å². The predicted molar refractivity (Wildman–Crippen MR) is 154 cm³/mol. The summed E-state index contributed by atoms with van der Waals surface area (Å²) in [6.45, 7) is 12.3. The Bertz CT molecular complexity index is 1140. The number of hydrogen-bond acceptors (Lipinski definition) is 13. The number of hydrogen-bond donors (Lipinski definition) is 4. The van der Waals surface area contributed by atoms with Gasteiger partial charge < -0.3 is 49.2 Å². The summed E-state index contributed by atoms with van der Waals surface area (Å²) in [4.78, 5) is 23.8. The van der Waals surface area contributed by atoms with Crippen LogP contribution in [0, 0.1) is 0 Å². The number of amides is 1. The number of thioether (sulfide) groups is 1. The zero-order valence-corrected chi connectivity index (χ0v) is 25.3. The second-order valence-electron chi connectivity index (χ2n) is 11.1. The van der Waals surface area contributed by atoms with E-state index in [4.69, 9.17) is 28.5 Å². The van der Waals surface area contributed by atoms with E-state index in [2.05, 4.69) is 22.0 Å². The SMILES string of the molecule is C=CCOC1=CC(O)OC([C@@H](CCC)NC(=O)[C@]2(C)CSC(/C(C)=N/O[C@H]3O[C@H](CO)[C@@H](O)[C@@H]4OC(C)(C)O[C@H]34)=N2)=C1. The van der Waals surface area contributed by atoms with Gasteiger partial charge in [0.15, 0.2) is 11.9 Å². The van der Waals surface area contributed by atoms with Crippen molar-refractivity contribution >= 4 is 28.4 Å². The molecule has 4 rings (SSSR count). The van der Waals surface area contributed by atoms with Crippen molar-refractivity contribution in [3.63, 3.8) is 0 Å². The van der Waals surface area contributed by atoms with E-state index in [1.54, 1.807) is 39.8 Å². The second kappa shape index (κ2) is 13.5. The van der Waals surface area contributed by atoms with Crippen molar-refractivity contribution < 1.29 is 48.6 Å². The quantitative estimate of drug-likeness (QED) is 0.143. The molecule has 4 heterocycles. The van der Waals surface area contributed by atoms with Gasteiger partial charge in [-0.05, 0) is 34.1 Å². The molecular weight excluding hydrogens is 570 g/mol. The highest BCUT2D eigenvalue weighted by molar-refractivity contribution is 8.16. The Kier molecular flexibility index (Phi) is 10.4. The number of nitrogens with one attached hydrogen (secondary N) is 1. The fourth-order valence-corrected chi connectivity index (χ4v) is 6.02. The Hall–Kier alpha value is -2.46. The van der Waals surface area contributed by atoms with Crippen molar-refractivity contribution in [2.45, 2.75) is 102 Å². The maximum atomic E-state index is 13.5. The van der Waals surface area contributed by atoms with Gasteiger partial charge >= 0.3 is 0 Å². The molecule has 4 aliphatic rings.